The Balaban J connectivity index is 2.02. The number of benzene rings is 1. The van der Waals surface area contributed by atoms with Gasteiger partial charge in [0.25, 0.3) is 0 Å². The van der Waals surface area contributed by atoms with Gasteiger partial charge in [-0.3, -0.25) is 0 Å². The largest absolute Gasteiger partial charge is 0.326 e. The maximum Gasteiger partial charge on any atom is 0.0595 e. The smallest absolute Gasteiger partial charge is 0.0595 e. The fourth-order valence-electron chi connectivity index (χ4n) is 2.39. The molecule has 1 nitrogen and oxygen atoms in total. The molecule has 2 N–H and O–H groups in total. The molecule has 1 aliphatic rings. The fourth-order valence-corrected chi connectivity index (χ4v) is 5.90. The topological polar surface area (TPSA) is 26.0 Å². The van der Waals surface area contributed by atoms with Gasteiger partial charge in [0.2, 0.25) is 0 Å². The summed E-state index contributed by atoms with van der Waals surface area (Å²) < 4.78 is 0. The third-order valence-electron chi connectivity index (χ3n) is 3.37. The molecule has 5 heteroatoms. The molecule has 19 heavy (non-hydrogen) atoms. The normalized spacial score (nSPS) is 25.3. The van der Waals surface area contributed by atoms with E-state index in [2.05, 4.69) is 18.7 Å². The van der Waals surface area contributed by atoms with Gasteiger partial charge in [-0.05, 0) is 30.5 Å². The Morgan fingerprint density at radius 2 is 2.00 bits per heavy atom. The Bertz CT molecular complexity index is 428. The van der Waals surface area contributed by atoms with E-state index in [1.165, 1.54) is 23.5 Å². The SMILES string of the molecule is CCC1SCCSC1C(N)Cc1ccc(Cl)c(Cl)c1. The molecule has 1 fully saturated rings. The quantitative estimate of drug-likeness (QED) is 0.877. The number of rotatable bonds is 4. The van der Waals surface area contributed by atoms with Crippen LogP contribution in [-0.2, 0) is 6.42 Å². The van der Waals surface area contributed by atoms with Crippen LogP contribution in [0.1, 0.15) is 18.9 Å². The van der Waals surface area contributed by atoms with E-state index >= 15 is 0 Å². The highest BCUT2D eigenvalue weighted by molar-refractivity contribution is 8.07. The average molecular weight is 336 g/mol. The lowest BCUT2D eigenvalue weighted by molar-refractivity contribution is 0.597. The molecule has 0 spiro atoms. The first-order valence-electron chi connectivity index (χ1n) is 6.54. The maximum atomic E-state index is 6.42. The van der Waals surface area contributed by atoms with Crippen LogP contribution in [0.3, 0.4) is 0 Å². The van der Waals surface area contributed by atoms with Gasteiger partial charge in [0.1, 0.15) is 0 Å². The second-order valence-corrected chi connectivity index (χ2v) is 8.22. The molecular weight excluding hydrogens is 317 g/mol. The minimum atomic E-state index is 0.181. The molecule has 1 heterocycles. The number of hydrogen-bond donors (Lipinski definition) is 1. The van der Waals surface area contributed by atoms with Crippen molar-refractivity contribution in [3.05, 3.63) is 33.8 Å². The summed E-state index contributed by atoms with van der Waals surface area (Å²) in [4.78, 5) is 0. The molecule has 106 valence electrons. The van der Waals surface area contributed by atoms with Crippen molar-refractivity contribution in [3.63, 3.8) is 0 Å². The van der Waals surface area contributed by atoms with Crippen LogP contribution in [0, 0.1) is 0 Å². The highest BCUT2D eigenvalue weighted by Gasteiger charge is 2.30. The van der Waals surface area contributed by atoms with E-state index in [1.807, 2.05) is 30.0 Å². The number of halogens is 2. The molecule has 0 aliphatic carbocycles. The summed E-state index contributed by atoms with van der Waals surface area (Å²) in [5.74, 6) is 2.46. The van der Waals surface area contributed by atoms with Crippen molar-refractivity contribution in [1.29, 1.82) is 0 Å². The predicted molar refractivity (Wildman–Crippen MR) is 90.9 cm³/mol. The van der Waals surface area contributed by atoms with Gasteiger partial charge >= 0.3 is 0 Å². The molecule has 1 aliphatic heterocycles. The molecule has 1 aromatic rings. The lowest BCUT2D eigenvalue weighted by Gasteiger charge is -2.34. The van der Waals surface area contributed by atoms with E-state index < -0.39 is 0 Å². The molecule has 2 rings (SSSR count). The molecule has 0 radical (unpaired) electrons. The zero-order chi connectivity index (χ0) is 13.8. The number of nitrogens with two attached hydrogens (primary N) is 1. The van der Waals surface area contributed by atoms with Crippen molar-refractivity contribution in [3.8, 4) is 0 Å². The second kappa shape index (κ2) is 7.46. The van der Waals surface area contributed by atoms with E-state index in [9.17, 15) is 0 Å². The van der Waals surface area contributed by atoms with Crippen molar-refractivity contribution in [2.75, 3.05) is 11.5 Å². The lowest BCUT2D eigenvalue weighted by Crippen LogP contribution is -2.43. The summed E-state index contributed by atoms with van der Waals surface area (Å²) in [6.07, 6.45) is 2.06. The van der Waals surface area contributed by atoms with E-state index in [4.69, 9.17) is 28.9 Å². The summed E-state index contributed by atoms with van der Waals surface area (Å²) >= 11 is 16.1. The van der Waals surface area contributed by atoms with Crippen molar-refractivity contribution in [2.45, 2.75) is 36.3 Å². The molecule has 1 saturated heterocycles. The van der Waals surface area contributed by atoms with Crippen LogP contribution < -0.4 is 5.73 Å². The predicted octanol–water partition coefficient (Wildman–Crippen LogP) is 4.49. The monoisotopic (exact) mass is 335 g/mol. The highest BCUT2D eigenvalue weighted by atomic mass is 35.5. The standard InChI is InChI=1S/C14H19Cl2NS2/c1-2-13-14(19-6-5-18-13)12(17)8-9-3-4-10(15)11(16)7-9/h3-4,7,12-14H,2,5-6,8,17H2,1H3. The molecule has 0 amide bonds. The Morgan fingerprint density at radius 3 is 2.68 bits per heavy atom. The van der Waals surface area contributed by atoms with Crippen LogP contribution in [0.5, 0.6) is 0 Å². The van der Waals surface area contributed by atoms with Crippen LogP contribution in [-0.4, -0.2) is 28.0 Å². The van der Waals surface area contributed by atoms with E-state index in [0.29, 0.717) is 20.5 Å². The van der Waals surface area contributed by atoms with Crippen LogP contribution in [0.25, 0.3) is 0 Å². The first kappa shape index (κ1) is 15.8. The van der Waals surface area contributed by atoms with Gasteiger partial charge in [-0.25, -0.2) is 0 Å². The molecule has 0 saturated carbocycles. The average Bonchev–Trinajstić information content (AvgIpc) is 2.43. The Morgan fingerprint density at radius 1 is 1.26 bits per heavy atom. The van der Waals surface area contributed by atoms with Gasteiger partial charge in [0.05, 0.1) is 10.0 Å². The third kappa shape index (κ3) is 4.21. The first-order chi connectivity index (χ1) is 9.11. The zero-order valence-electron chi connectivity index (χ0n) is 10.9. The van der Waals surface area contributed by atoms with Crippen LogP contribution in [0.2, 0.25) is 10.0 Å². The van der Waals surface area contributed by atoms with E-state index in [0.717, 1.165) is 6.42 Å². The van der Waals surface area contributed by atoms with E-state index in [1.54, 1.807) is 0 Å². The summed E-state index contributed by atoms with van der Waals surface area (Å²) in [6, 6.07) is 5.99. The van der Waals surface area contributed by atoms with Gasteiger partial charge in [0, 0.05) is 28.0 Å². The summed E-state index contributed by atoms with van der Waals surface area (Å²) in [7, 11) is 0. The molecular formula is C14H19Cl2NS2. The Hall–Kier alpha value is 0.460. The minimum Gasteiger partial charge on any atom is -0.326 e. The first-order valence-corrected chi connectivity index (χ1v) is 9.40. The summed E-state index contributed by atoms with van der Waals surface area (Å²) in [5, 5.41) is 2.44. The van der Waals surface area contributed by atoms with Crippen molar-refractivity contribution in [2.24, 2.45) is 5.73 Å². The third-order valence-corrected chi connectivity index (χ3v) is 7.54. The van der Waals surface area contributed by atoms with Gasteiger partial charge in [-0.1, -0.05) is 36.2 Å². The molecule has 0 aromatic heterocycles. The van der Waals surface area contributed by atoms with Gasteiger partial charge in [-0.2, -0.15) is 23.5 Å². The maximum absolute atomic E-state index is 6.42. The van der Waals surface area contributed by atoms with Gasteiger partial charge in [-0.15, -0.1) is 0 Å². The molecule has 0 bridgehead atoms. The summed E-state index contributed by atoms with van der Waals surface area (Å²) in [6.45, 7) is 2.25. The van der Waals surface area contributed by atoms with Crippen LogP contribution in [0.4, 0.5) is 0 Å². The van der Waals surface area contributed by atoms with Gasteiger partial charge < -0.3 is 5.73 Å². The molecule has 3 atom stereocenters. The lowest BCUT2D eigenvalue weighted by atomic mass is 10.0. The van der Waals surface area contributed by atoms with Crippen molar-refractivity contribution >= 4 is 46.7 Å². The van der Waals surface area contributed by atoms with Crippen molar-refractivity contribution in [1.82, 2.24) is 0 Å². The molecule has 1 aromatic carbocycles. The van der Waals surface area contributed by atoms with Crippen LogP contribution >= 0.6 is 46.7 Å². The Kier molecular flexibility index (Phi) is 6.22. The van der Waals surface area contributed by atoms with Crippen LogP contribution in [0.15, 0.2) is 18.2 Å². The second-order valence-electron chi connectivity index (χ2n) is 4.77. The fraction of sp³-hybridized carbons (Fsp3) is 0.571. The molecule has 3 unspecified atom stereocenters. The number of thioether (sulfide) groups is 2. The zero-order valence-corrected chi connectivity index (χ0v) is 14.1. The highest BCUT2D eigenvalue weighted by Crippen LogP contribution is 2.35. The van der Waals surface area contributed by atoms with Gasteiger partial charge in [0.15, 0.2) is 0 Å². The minimum absolute atomic E-state index is 0.181. The Labute approximate surface area is 134 Å². The van der Waals surface area contributed by atoms with E-state index in [-0.39, 0.29) is 6.04 Å². The number of hydrogen-bond acceptors (Lipinski definition) is 3. The van der Waals surface area contributed by atoms with Crippen molar-refractivity contribution < 1.29 is 0 Å². The summed E-state index contributed by atoms with van der Waals surface area (Å²) in [5.41, 5.74) is 7.60.